The predicted molar refractivity (Wildman–Crippen MR) is 77.4 cm³/mol. The zero-order valence-electron chi connectivity index (χ0n) is 11.2. The summed E-state index contributed by atoms with van der Waals surface area (Å²) in [4.78, 5) is 12.2. The van der Waals surface area contributed by atoms with Gasteiger partial charge in [0.05, 0.1) is 36.1 Å². The molecule has 0 radical (unpaired) electrons. The fourth-order valence-electron chi connectivity index (χ4n) is 1.97. The maximum absolute atomic E-state index is 12.2. The lowest BCUT2D eigenvalue weighted by Crippen LogP contribution is -2.45. The van der Waals surface area contributed by atoms with Gasteiger partial charge in [0.1, 0.15) is 5.75 Å². The van der Waals surface area contributed by atoms with E-state index in [2.05, 4.69) is 10.6 Å². The molecule has 1 atom stereocenters. The van der Waals surface area contributed by atoms with E-state index in [1.165, 1.54) is 19.2 Å². The second kappa shape index (κ2) is 6.78. The van der Waals surface area contributed by atoms with Crippen molar-refractivity contribution in [1.29, 1.82) is 0 Å². The van der Waals surface area contributed by atoms with Gasteiger partial charge in [0.25, 0.3) is 5.91 Å². The molecule has 0 aromatic heterocycles. The van der Waals surface area contributed by atoms with E-state index in [1.54, 1.807) is 0 Å². The lowest BCUT2D eigenvalue weighted by molar-refractivity contribution is 0.0287. The largest absolute Gasteiger partial charge is 0.496 e. The Labute approximate surface area is 122 Å². The van der Waals surface area contributed by atoms with Crippen molar-refractivity contribution in [3.8, 4) is 5.75 Å². The number of rotatable bonds is 4. The molecule has 2 rings (SSSR count). The number of nitrogens with two attached hydrogens (primary N) is 1. The molecule has 1 aliphatic rings. The maximum Gasteiger partial charge on any atom is 0.255 e. The van der Waals surface area contributed by atoms with Crippen molar-refractivity contribution in [3.63, 3.8) is 0 Å². The molecular weight excluding hydrogens is 282 g/mol. The van der Waals surface area contributed by atoms with Crippen LogP contribution in [0.4, 0.5) is 5.69 Å². The predicted octanol–water partition coefficient (Wildman–Crippen LogP) is 0.649. The van der Waals surface area contributed by atoms with Gasteiger partial charge in [0, 0.05) is 25.7 Å². The van der Waals surface area contributed by atoms with Crippen molar-refractivity contribution in [2.24, 2.45) is 0 Å². The second-order valence-corrected chi connectivity index (χ2v) is 4.89. The highest BCUT2D eigenvalue weighted by Crippen LogP contribution is 2.28. The van der Waals surface area contributed by atoms with Crippen LogP contribution in [-0.2, 0) is 4.74 Å². The number of hydrogen-bond donors (Lipinski definition) is 3. The van der Waals surface area contributed by atoms with Gasteiger partial charge >= 0.3 is 0 Å². The summed E-state index contributed by atoms with van der Waals surface area (Å²) in [5.41, 5.74) is 6.42. The van der Waals surface area contributed by atoms with Gasteiger partial charge in [-0.25, -0.2) is 0 Å². The molecule has 6 nitrogen and oxygen atoms in total. The van der Waals surface area contributed by atoms with Crippen LogP contribution in [0.1, 0.15) is 10.4 Å². The van der Waals surface area contributed by atoms with Gasteiger partial charge in [-0.1, -0.05) is 11.6 Å². The summed E-state index contributed by atoms with van der Waals surface area (Å²) in [6.45, 7) is 2.64. The van der Waals surface area contributed by atoms with E-state index in [9.17, 15) is 4.79 Å². The third-order valence-electron chi connectivity index (χ3n) is 3.06. The van der Waals surface area contributed by atoms with Crippen molar-refractivity contribution in [2.75, 3.05) is 39.1 Å². The number of carbonyl (C=O) groups excluding carboxylic acids is 1. The fourth-order valence-corrected chi connectivity index (χ4v) is 2.13. The Morgan fingerprint density at radius 3 is 3.10 bits per heavy atom. The number of nitrogens with one attached hydrogen (secondary N) is 2. The van der Waals surface area contributed by atoms with Crippen LogP contribution < -0.4 is 21.1 Å². The van der Waals surface area contributed by atoms with Crippen LogP contribution in [0.5, 0.6) is 5.75 Å². The summed E-state index contributed by atoms with van der Waals surface area (Å²) in [5.74, 6) is 0.130. The first-order valence-corrected chi connectivity index (χ1v) is 6.73. The Morgan fingerprint density at radius 2 is 2.45 bits per heavy atom. The molecule has 20 heavy (non-hydrogen) atoms. The molecule has 0 saturated carbocycles. The molecule has 1 heterocycles. The van der Waals surface area contributed by atoms with Crippen LogP contribution in [0.15, 0.2) is 12.1 Å². The summed E-state index contributed by atoms with van der Waals surface area (Å²) in [6, 6.07) is 3.04. The van der Waals surface area contributed by atoms with Gasteiger partial charge in [-0.3, -0.25) is 4.79 Å². The van der Waals surface area contributed by atoms with Crippen LogP contribution in [0.25, 0.3) is 0 Å². The molecule has 0 aliphatic carbocycles. The first-order valence-electron chi connectivity index (χ1n) is 6.35. The number of halogens is 1. The number of morpholine rings is 1. The van der Waals surface area contributed by atoms with Crippen molar-refractivity contribution >= 4 is 23.2 Å². The SMILES string of the molecule is COc1cc(N)c(Cl)cc1C(=O)NC[C@H]1CNCCO1. The molecule has 1 aliphatic heterocycles. The summed E-state index contributed by atoms with van der Waals surface area (Å²) in [7, 11) is 1.48. The van der Waals surface area contributed by atoms with E-state index < -0.39 is 0 Å². The van der Waals surface area contributed by atoms with Crippen LogP contribution in [-0.4, -0.2) is 45.4 Å². The van der Waals surface area contributed by atoms with E-state index in [-0.39, 0.29) is 12.0 Å². The smallest absolute Gasteiger partial charge is 0.255 e. The van der Waals surface area contributed by atoms with E-state index in [4.69, 9.17) is 26.8 Å². The monoisotopic (exact) mass is 299 g/mol. The topological polar surface area (TPSA) is 85.6 Å². The number of ether oxygens (including phenoxy) is 2. The molecule has 0 bridgehead atoms. The number of carbonyl (C=O) groups is 1. The second-order valence-electron chi connectivity index (χ2n) is 4.48. The highest BCUT2D eigenvalue weighted by Gasteiger charge is 2.18. The highest BCUT2D eigenvalue weighted by atomic mass is 35.5. The normalized spacial score (nSPS) is 18.6. The molecule has 4 N–H and O–H groups in total. The fraction of sp³-hybridized carbons (Fsp3) is 0.462. The quantitative estimate of drug-likeness (QED) is 0.711. The van der Waals surface area contributed by atoms with Gasteiger partial charge in [-0.2, -0.15) is 0 Å². The molecular formula is C13H18ClN3O3. The molecule has 7 heteroatoms. The van der Waals surface area contributed by atoms with Crippen LogP contribution >= 0.6 is 11.6 Å². The molecule has 1 aromatic rings. The Kier molecular flexibility index (Phi) is 5.05. The van der Waals surface area contributed by atoms with Crippen molar-refractivity contribution in [1.82, 2.24) is 10.6 Å². The van der Waals surface area contributed by atoms with E-state index in [0.29, 0.717) is 35.2 Å². The Balaban J connectivity index is 2.02. The molecule has 1 saturated heterocycles. The molecule has 110 valence electrons. The van der Waals surface area contributed by atoms with Gasteiger partial charge in [0.15, 0.2) is 0 Å². The summed E-state index contributed by atoms with van der Waals surface area (Å²) >= 11 is 5.94. The number of benzene rings is 1. The summed E-state index contributed by atoms with van der Waals surface area (Å²) in [5, 5.41) is 6.33. The lowest BCUT2D eigenvalue weighted by Gasteiger charge is -2.23. The van der Waals surface area contributed by atoms with E-state index in [1.807, 2.05) is 0 Å². The number of amides is 1. The Morgan fingerprint density at radius 1 is 1.65 bits per heavy atom. The van der Waals surface area contributed by atoms with Crippen LogP contribution in [0.2, 0.25) is 5.02 Å². The molecule has 1 amide bonds. The first-order chi connectivity index (χ1) is 9.61. The number of methoxy groups -OCH3 is 1. The minimum Gasteiger partial charge on any atom is -0.496 e. The third-order valence-corrected chi connectivity index (χ3v) is 3.39. The Hall–Kier alpha value is -1.50. The standard InChI is InChI=1S/C13H18ClN3O3/c1-19-12-5-11(15)10(14)4-9(12)13(18)17-7-8-6-16-2-3-20-8/h4-5,8,16H,2-3,6-7,15H2,1H3,(H,17,18)/t8-/m1/s1. The zero-order chi connectivity index (χ0) is 14.5. The van der Waals surface area contributed by atoms with Crippen LogP contribution in [0, 0.1) is 0 Å². The third kappa shape index (κ3) is 3.53. The van der Waals surface area contributed by atoms with Crippen molar-refractivity contribution in [2.45, 2.75) is 6.10 Å². The van der Waals surface area contributed by atoms with Crippen molar-refractivity contribution in [3.05, 3.63) is 22.7 Å². The minimum absolute atomic E-state index is 0.0250. The average Bonchev–Trinajstić information content (AvgIpc) is 2.48. The molecule has 1 aromatic carbocycles. The average molecular weight is 300 g/mol. The van der Waals surface area contributed by atoms with Gasteiger partial charge in [-0.05, 0) is 6.07 Å². The highest BCUT2D eigenvalue weighted by molar-refractivity contribution is 6.33. The lowest BCUT2D eigenvalue weighted by atomic mass is 10.1. The van der Waals surface area contributed by atoms with Crippen LogP contribution in [0.3, 0.4) is 0 Å². The van der Waals surface area contributed by atoms with Gasteiger partial charge < -0.3 is 25.8 Å². The molecule has 1 fully saturated rings. The summed E-state index contributed by atoms with van der Waals surface area (Å²) in [6.07, 6.45) is -0.0250. The number of hydrogen-bond acceptors (Lipinski definition) is 5. The van der Waals surface area contributed by atoms with Crippen molar-refractivity contribution < 1.29 is 14.3 Å². The van der Waals surface area contributed by atoms with Gasteiger partial charge in [-0.15, -0.1) is 0 Å². The Bertz CT molecular complexity index is 490. The zero-order valence-corrected chi connectivity index (χ0v) is 12.0. The van der Waals surface area contributed by atoms with E-state index >= 15 is 0 Å². The summed E-state index contributed by atoms with van der Waals surface area (Å²) < 4.78 is 10.7. The molecule has 0 spiro atoms. The van der Waals surface area contributed by atoms with Gasteiger partial charge in [0.2, 0.25) is 0 Å². The number of nitrogen functional groups attached to an aromatic ring is 1. The molecule has 0 unspecified atom stereocenters. The number of anilines is 1. The first kappa shape index (κ1) is 14.9. The maximum atomic E-state index is 12.2. The minimum atomic E-state index is -0.266. The van der Waals surface area contributed by atoms with E-state index in [0.717, 1.165) is 13.1 Å².